The fraction of sp³-hybridized carbons (Fsp3) is 0. The van der Waals surface area contributed by atoms with E-state index in [4.69, 9.17) is 17.7 Å². The first kappa shape index (κ1) is 8.60. The van der Waals surface area contributed by atoms with Gasteiger partial charge in [0.25, 0.3) is 0 Å². The molecular weight excluding hydrogens is 162 g/mol. The predicted molar refractivity (Wildman–Crippen MR) is 40.9 cm³/mol. The topological polar surface area (TPSA) is 106 Å². The van der Waals surface area contributed by atoms with Crippen LogP contribution in [0.2, 0.25) is 0 Å². The Kier molecular flexibility index (Phi) is 2.70. The molecule has 6 heteroatoms. The SMILES string of the molecule is NOc1cc(ON)cc(ON)c1. The Morgan fingerprint density at radius 3 is 1.08 bits per heavy atom. The van der Waals surface area contributed by atoms with Gasteiger partial charge < -0.3 is 14.5 Å². The lowest BCUT2D eigenvalue weighted by Gasteiger charge is -2.04. The standard InChI is InChI=1S/C6H9N3O3/c7-10-4-1-5(11-8)3-6(2-4)12-9/h1-3H,7-9H2. The number of hydrogen-bond donors (Lipinski definition) is 3. The number of hydrogen-bond acceptors (Lipinski definition) is 6. The van der Waals surface area contributed by atoms with Crippen LogP contribution < -0.4 is 32.2 Å². The van der Waals surface area contributed by atoms with Crippen molar-refractivity contribution in [3.63, 3.8) is 0 Å². The van der Waals surface area contributed by atoms with E-state index < -0.39 is 0 Å². The number of nitrogens with two attached hydrogens (primary N) is 3. The quantitative estimate of drug-likeness (QED) is 0.526. The molecule has 6 N–H and O–H groups in total. The van der Waals surface area contributed by atoms with Gasteiger partial charge >= 0.3 is 0 Å². The molecule has 1 aromatic rings. The molecule has 0 bridgehead atoms. The van der Waals surface area contributed by atoms with E-state index in [0.29, 0.717) is 17.2 Å². The van der Waals surface area contributed by atoms with E-state index in [-0.39, 0.29) is 0 Å². The van der Waals surface area contributed by atoms with E-state index in [1.807, 2.05) is 0 Å². The van der Waals surface area contributed by atoms with Gasteiger partial charge in [0.15, 0.2) is 17.2 Å². The molecule has 0 aliphatic heterocycles. The summed E-state index contributed by atoms with van der Waals surface area (Å²) < 4.78 is 0. The summed E-state index contributed by atoms with van der Waals surface area (Å²) in [4.78, 5) is 13.3. The lowest BCUT2D eigenvalue weighted by Crippen LogP contribution is -2.07. The van der Waals surface area contributed by atoms with Gasteiger partial charge in [-0.25, -0.2) is 0 Å². The molecule has 0 heterocycles. The molecule has 0 unspecified atom stereocenters. The third-order valence-corrected chi connectivity index (χ3v) is 1.26. The highest BCUT2D eigenvalue weighted by Crippen LogP contribution is 2.25. The average Bonchev–Trinajstić information content (AvgIpc) is 2.16. The molecule has 0 radical (unpaired) electrons. The molecule has 0 aliphatic carbocycles. The molecule has 1 rings (SSSR count). The Hall–Kier alpha value is -1.50. The van der Waals surface area contributed by atoms with Crippen molar-refractivity contribution in [1.82, 2.24) is 0 Å². The van der Waals surface area contributed by atoms with E-state index in [0.717, 1.165) is 0 Å². The first-order valence-corrected chi connectivity index (χ1v) is 3.05. The van der Waals surface area contributed by atoms with Gasteiger partial charge in [-0.3, -0.25) is 0 Å². The summed E-state index contributed by atoms with van der Waals surface area (Å²) in [6.45, 7) is 0. The van der Waals surface area contributed by atoms with Crippen LogP contribution in [0.3, 0.4) is 0 Å². The van der Waals surface area contributed by atoms with Crippen molar-refractivity contribution in [3.05, 3.63) is 18.2 Å². The summed E-state index contributed by atoms with van der Waals surface area (Å²) in [5.74, 6) is 15.8. The van der Waals surface area contributed by atoms with Crippen molar-refractivity contribution in [1.29, 1.82) is 0 Å². The highest BCUT2D eigenvalue weighted by atomic mass is 16.6. The Balaban J connectivity index is 3.01. The fourth-order valence-corrected chi connectivity index (χ4v) is 0.750. The minimum Gasteiger partial charge on any atom is -0.411 e. The molecule has 0 aromatic heterocycles. The van der Waals surface area contributed by atoms with Crippen molar-refractivity contribution in [2.24, 2.45) is 17.7 Å². The second-order valence-corrected chi connectivity index (χ2v) is 1.99. The lowest BCUT2D eigenvalue weighted by atomic mass is 10.3. The average molecular weight is 171 g/mol. The first-order chi connectivity index (χ1) is 5.80. The Bertz CT molecular complexity index is 211. The summed E-state index contributed by atoms with van der Waals surface area (Å²) in [6.07, 6.45) is 0. The molecule has 6 nitrogen and oxygen atoms in total. The zero-order valence-corrected chi connectivity index (χ0v) is 6.19. The third-order valence-electron chi connectivity index (χ3n) is 1.26. The van der Waals surface area contributed by atoms with Crippen LogP contribution in [-0.2, 0) is 0 Å². The van der Waals surface area contributed by atoms with Crippen LogP contribution in [0.25, 0.3) is 0 Å². The summed E-state index contributed by atoms with van der Waals surface area (Å²) in [5, 5.41) is 0. The molecule has 12 heavy (non-hydrogen) atoms. The van der Waals surface area contributed by atoms with Gasteiger partial charge in [0, 0.05) is 18.2 Å². The molecular formula is C6H9N3O3. The second-order valence-electron chi connectivity index (χ2n) is 1.99. The van der Waals surface area contributed by atoms with Crippen LogP contribution in [0.5, 0.6) is 17.2 Å². The summed E-state index contributed by atoms with van der Waals surface area (Å²) >= 11 is 0. The smallest absolute Gasteiger partial charge is 0.154 e. The normalized spacial score (nSPS) is 9.25. The number of rotatable bonds is 3. The lowest BCUT2D eigenvalue weighted by molar-refractivity contribution is 0.300. The molecule has 1 aromatic carbocycles. The Morgan fingerprint density at radius 2 is 0.917 bits per heavy atom. The van der Waals surface area contributed by atoms with Crippen molar-refractivity contribution in [3.8, 4) is 17.2 Å². The molecule has 0 spiro atoms. The number of benzene rings is 1. The molecule has 0 saturated heterocycles. The van der Waals surface area contributed by atoms with Crippen LogP contribution in [-0.4, -0.2) is 0 Å². The summed E-state index contributed by atoms with van der Waals surface area (Å²) in [6, 6.07) is 4.47. The van der Waals surface area contributed by atoms with E-state index in [1.54, 1.807) is 0 Å². The highest BCUT2D eigenvalue weighted by Gasteiger charge is 2.02. The van der Waals surface area contributed by atoms with Gasteiger partial charge in [-0.05, 0) is 0 Å². The maximum Gasteiger partial charge on any atom is 0.154 e. The minimum atomic E-state index is 0.346. The van der Waals surface area contributed by atoms with Crippen LogP contribution in [0, 0.1) is 0 Å². The minimum absolute atomic E-state index is 0.346. The van der Waals surface area contributed by atoms with Gasteiger partial charge in [-0.15, -0.1) is 0 Å². The monoisotopic (exact) mass is 171 g/mol. The van der Waals surface area contributed by atoms with E-state index in [1.165, 1.54) is 18.2 Å². The van der Waals surface area contributed by atoms with Gasteiger partial charge in [0.2, 0.25) is 0 Å². The van der Waals surface area contributed by atoms with Gasteiger partial charge in [-0.2, -0.15) is 17.7 Å². The van der Waals surface area contributed by atoms with Gasteiger partial charge in [-0.1, -0.05) is 0 Å². The zero-order valence-electron chi connectivity index (χ0n) is 6.19. The molecule has 0 saturated carbocycles. The summed E-state index contributed by atoms with van der Waals surface area (Å²) in [5.41, 5.74) is 0. The molecule has 66 valence electrons. The Morgan fingerprint density at radius 1 is 0.667 bits per heavy atom. The van der Waals surface area contributed by atoms with Crippen molar-refractivity contribution < 1.29 is 14.5 Å². The van der Waals surface area contributed by atoms with Crippen LogP contribution in [0.4, 0.5) is 0 Å². The zero-order chi connectivity index (χ0) is 8.97. The molecule has 0 amide bonds. The third kappa shape index (κ3) is 1.76. The van der Waals surface area contributed by atoms with E-state index >= 15 is 0 Å². The first-order valence-electron chi connectivity index (χ1n) is 3.05. The largest absolute Gasteiger partial charge is 0.411 e. The van der Waals surface area contributed by atoms with Crippen molar-refractivity contribution in [2.45, 2.75) is 0 Å². The fourth-order valence-electron chi connectivity index (χ4n) is 0.750. The Labute approximate surface area is 68.7 Å². The van der Waals surface area contributed by atoms with E-state index in [2.05, 4.69) is 14.5 Å². The van der Waals surface area contributed by atoms with Gasteiger partial charge in [0.1, 0.15) is 0 Å². The highest BCUT2D eigenvalue weighted by molar-refractivity contribution is 5.41. The van der Waals surface area contributed by atoms with Crippen LogP contribution >= 0.6 is 0 Å². The van der Waals surface area contributed by atoms with Crippen LogP contribution in [0.15, 0.2) is 18.2 Å². The predicted octanol–water partition coefficient (Wildman–Crippen LogP) is -0.556. The summed E-state index contributed by atoms with van der Waals surface area (Å²) in [7, 11) is 0. The van der Waals surface area contributed by atoms with Gasteiger partial charge in [0.05, 0.1) is 0 Å². The molecule has 0 aliphatic rings. The van der Waals surface area contributed by atoms with Crippen LogP contribution in [0.1, 0.15) is 0 Å². The molecule has 0 atom stereocenters. The second kappa shape index (κ2) is 3.77. The molecule has 0 fully saturated rings. The maximum absolute atomic E-state index is 4.90. The maximum atomic E-state index is 4.90. The van der Waals surface area contributed by atoms with E-state index in [9.17, 15) is 0 Å². The van der Waals surface area contributed by atoms with Crippen molar-refractivity contribution >= 4 is 0 Å². The van der Waals surface area contributed by atoms with Crippen molar-refractivity contribution in [2.75, 3.05) is 0 Å².